The summed E-state index contributed by atoms with van der Waals surface area (Å²) in [6.07, 6.45) is 4.39. The molecule has 0 aromatic carbocycles. The molecule has 1 aromatic rings. The summed E-state index contributed by atoms with van der Waals surface area (Å²) in [4.78, 5) is 0. The van der Waals surface area contributed by atoms with Crippen molar-refractivity contribution in [3.63, 3.8) is 0 Å². The molecule has 58 valence electrons. The first-order valence-electron chi connectivity index (χ1n) is 3.73. The first-order chi connectivity index (χ1) is 5.27. The highest BCUT2D eigenvalue weighted by molar-refractivity contribution is 6.28. The Bertz CT molecular complexity index is 281. The Kier molecular flexibility index (Phi) is 1.50. The maximum atomic E-state index is 5.82. The molecule has 1 aliphatic carbocycles. The molecule has 0 unspecified atom stereocenters. The molecule has 1 aliphatic rings. The molecule has 1 heterocycles. The lowest BCUT2D eigenvalue weighted by molar-refractivity contribution is -0.636. The van der Waals surface area contributed by atoms with E-state index in [0.717, 1.165) is 5.92 Å². The van der Waals surface area contributed by atoms with Crippen LogP contribution in [0.25, 0.3) is 0 Å². The van der Waals surface area contributed by atoms with E-state index in [1.165, 1.54) is 23.1 Å². The molecule has 2 nitrogen and oxygen atoms in total. The zero-order valence-electron chi connectivity index (χ0n) is 6.13. The van der Waals surface area contributed by atoms with E-state index in [-0.39, 0.29) is 0 Å². The Balaban J connectivity index is 2.36. The van der Waals surface area contributed by atoms with Gasteiger partial charge < -0.3 is 0 Å². The Morgan fingerprint density at radius 3 is 2.82 bits per heavy atom. The molecule has 0 amide bonds. The quantitative estimate of drug-likeness (QED) is 0.383. The monoisotopic (exact) mass is 169 g/mol. The minimum Gasteiger partial charge on any atom is -0.204 e. The summed E-state index contributed by atoms with van der Waals surface area (Å²) in [7, 11) is 0. The lowest BCUT2D eigenvalue weighted by Gasteiger charge is -1.94. The molecule has 1 saturated carbocycles. The summed E-state index contributed by atoms with van der Waals surface area (Å²) in [5.41, 5.74) is 1.32. The normalized spacial score (nSPS) is 16.8. The summed E-state index contributed by atoms with van der Waals surface area (Å²) >= 11 is 5.82. The molecule has 0 aliphatic heterocycles. The van der Waals surface area contributed by atoms with E-state index in [1.807, 2.05) is 12.1 Å². The summed E-state index contributed by atoms with van der Waals surface area (Å²) < 4.78 is 1.42. The Morgan fingerprint density at radius 1 is 1.55 bits per heavy atom. The number of pyridine rings is 1. The molecule has 0 radical (unpaired) electrons. The van der Waals surface area contributed by atoms with Gasteiger partial charge in [0.1, 0.15) is 0 Å². The van der Waals surface area contributed by atoms with Crippen molar-refractivity contribution in [3.8, 4) is 0 Å². The van der Waals surface area contributed by atoms with Crippen molar-refractivity contribution in [1.82, 2.24) is 0 Å². The van der Waals surface area contributed by atoms with Crippen LogP contribution in [0.3, 0.4) is 0 Å². The van der Waals surface area contributed by atoms with E-state index in [4.69, 9.17) is 17.4 Å². The smallest absolute Gasteiger partial charge is 0.204 e. The van der Waals surface area contributed by atoms with Crippen molar-refractivity contribution in [3.05, 3.63) is 29.0 Å². The van der Waals surface area contributed by atoms with E-state index in [0.29, 0.717) is 5.15 Å². The van der Waals surface area contributed by atoms with E-state index < -0.39 is 0 Å². The van der Waals surface area contributed by atoms with Crippen molar-refractivity contribution in [2.24, 2.45) is 0 Å². The van der Waals surface area contributed by atoms with Gasteiger partial charge in [0.15, 0.2) is 0 Å². The van der Waals surface area contributed by atoms with Gasteiger partial charge in [0.2, 0.25) is 6.20 Å². The average Bonchev–Trinajstić information content (AvgIpc) is 2.77. The molecule has 0 atom stereocenters. The van der Waals surface area contributed by atoms with E-state index >= 15 is 0 Å². The summed E-state index contributed by atoms with van der Waals surface area (Å²) in [5, 5.41) is 0.606. The minimum absolute atomic E-state index is 0.606. The van der Waals surface area contributed by atoms with Crippen LogP contribution in [0.4, 0.5) is 0 Å². The molecule has 11 heavy (non-hydrogen) atoms. The molecule has 1 fully saturated rings. The number of nitrogen functional groups attached to an aromatic ring is 1. The Morgan fingerprint density at radius 2 is 2.27 bits per heavy atom. The maximum Gasteiger partial charge on any atom is 0.303 e. The van der Waals surface area contributed by atoms with Crippen LogP contribution in [0.5, 0.6) is 0 Å². The highest BCUT2D eigenvalue weighted by atomic mass is 35.5. The minimum atomic E-state index is 0.606. The number of nitrogens with two attached hydrogens (primary N) is 1. The van der Waals surface area contributed by atoms with E-state index in [1.54, 1.807) is 6.20 Å². The van der Waals surface area contributed by atoms with Gasteiger partial charge in [-0.3, -0.25) is 0 Å². The van der Waals surface area contributed by atoms with E-state index in [2.05, 4.69) is 0 Å². The standard InChI is InChI=1S/C8H10ClN2/c9-8-5-7(6-1-2-6)3-4-11(8)10/h3-6H,1-2,10H2/q+1. The lowest BCUT2D eigenvalue weighted by Crippen LogP contribution is -2.45. The molecular weight excluding hydrogens is 160 g/mol. The van der Waals surface area contributed by atoms with Crippen LogP contribution in [-0.2, 0) is 0 Å². The third-order valence-electron chi connectivity index (χ3n) is 2.01. The Hall–Kier alpha value is -0.760. The number of nitrogens with zero attached hydrogens (tertiary/aromatic N) is 1. The third-order valence-corrected chi connectivity index (χ3v) is 2.31. The largest absolute Gasteiger partial charge is 0.303 e. The number of rotatable bonds is 1. The van der Waals surface area contributed by atoms with Crippen molar-refractivity contribution in [1.29, 1.82) is 0 Å². The number of hydrogen-bond acceptors (Lipinski definition) is 1. The fourth-order valence-corrected chi connectivity index (χ4v) is 1.35. The molecule has 0 spiro atoms. The van der Waals surface area contributed by atoms with Gasteiger partial charge >= 0.3 is 5.15 Å². The predicted molar refractivity (Wildman–Crippen MR) is 43.8 cm³/mol. The van der Waals surface area contributed by atoms with Gasteiger partial charge in [-0.05, 0) is 35.9 Å². The van der Waals surface area contributed by atoms with Crippen LogP contribution in [0.1, 0.15) is 24.3 Å². The number of aromatic nitrogens is 1. The van der Waals surface area contributed by atoms with Crippen molar-refractivity contribution in [2.75, 3.05) is 5.84 Å². The summed E-state index contributed by atoms with van der Waals surface area (Å²) in [6, 6.07) is 3.97. The number of hydrogen-bond donors (Lipinski definition) is 1. The second-order valence-corrected chi connectivity index (χ2v) is 3.35. The van der Waals surface area contributed by atoms with Gasteiger partial charge in [-0.25, -0.2) is 5.84 Å². The van der Waals surface area contributed by atoms with Crippen molar-refractivity contribution in [2.45, 2.75) is 18.8 Å². The zero-order valence-corrected chi connectivity index (χ0v) is 6.88. The first-order valence-corrected chi connectivity index (χ1v) is 4.11. The Labute approximate surface area is 70.6 Å². The van der Waals surface area contributed by atoms with Crippen LogP contribution in [0.15, 0.2) is 18.3 Å². The second-order valence-electron chi connectivity index (χ2n) is 2.96. The van der Waals surface area contributed by atoms with Crippen LogP contribution >= 0.6 is 11.6 Å². The average molecular weight is 170 g/mol. The number of halogens is 1. The molecule has 1 aromatic heterocycles. The van der Waals surface area contributed by atoms with Crippen LogP contribution < -0.4 is 10.5 Å². The summed E-state index contributed by atoms with van der Waals surface area (Å²) in [5.74, 6) is 6.24. The zero-order chi connectivity index (χ0) is 7.84. The molecule has 2 rings (SSSR count). The summed E-state index contributed by atoms with van der Waals surface area (Å²) in [6.45, 7) is 0. The van der Waals surface area contributed by atoms with Gasteiger partial charge in [0, 0.05) is 12.1 Å². The van der Waals surface area contributed by atoms with Gasteiger partial charge in [0.25, 0.3) is 0 Å². The molecule has 0 bridgehead atoms. The molecule has 2 N–H and O–H groups in total. The second kappa shape index (κ2) is 2.38. The predicted octanol–water partition coefficient (Wildman–Crippen LogP) is 1.22. The molecular formula is C8H10ClN2+. The van der Waals surface area contributed by atoms with Gasteiger partial charge in [-0.2, -0.15) is 0 Å². The fraction of sp³-hybridized carbons (Fsp3) is 0.375. The third kappa shape index (κ3) is 1.31. The maximum absolute atomic E-state index is 5.82. The first kappa shape index (κ1) is 6.92. The fourth-order valence-electron chi connectivity index (χ4n) is 1.17. The van der Waals surface area contributed by atoms with Crippen molar-refractivity contribution < 1.29 is 4.68 Å². The van der Waals surface area contributed by atoms with Crippen LogP contribution in [-0.4, -0.2) is 0 Å². The topological polar surface area (TPSA) is 29.9 Å². The van der Waals surface area contributed by atoms with Gasteiger partial charge in [-0.1, -0.05) is 4.68 Å². The van der Waals surface area contributed by atoms with E-state index in [9.17, 15) is 0 Å². The lowest BCUT2D eigenvalue weighted by atomic mass is 10.2. The molecule has 0 saturated heterocycles. The van der Waals surface area contributed by atoms with Gasteiger partial charge in [0.05, 0.1) is 0 Å². The molecule has 3 heteroatoms. The highest BCUT2D eigenvalue weighted by Gasteiger charge is 2.25. The van der Waals surface area contributed by atoms with Gasteiger partial charge in [-0.15, -0.1) is 0 Å². The van der Waals surface area contributed by atoms with Crippen LogP contribution in [0.2, 0.25) is 5.15 Å². The highest BCUT2D eigenvalue weighted by Crippen LogP contribution is 2.39. The SMILES string of the molecule is N[n+]1ccc(C2CC2)cc1Cl. The van der Waals surface area contributed by atoms with Crippen LogP contribution in [0, 0.1) is 0 Å². The van der Waals surface area contributed by atoms with Crippen molar-refractivity contribution >= 4 is 11.6 Å².